The Labute approximate surface area is 125 Å². The van der Waals surface area contributed by atoms with Crippen molar-refractivity contribution in [2.45, 2.75) is 18.4 Å². The summed E-state index contributed by atoms with van der Waals surface area (Å²) in [6, 6.07) is 9.00. The maximum Gasteiger partial charge on any atom is 0.283 e. The van der Waals surface area contributed by atoms with Crippen LogP contribution in [-0.2, 0) is 17.1 Å². The van der Waals surface area contributed by atoms with Gasteiger partial charge in [-0.3, -0.25) is 4.31 Å². The Morgan fingerprint density at radius 3 is 2.48 bits per heavy atom. The lowest BCUT2D eigenvalue weighted by Gasteiger charge is -2.23. The van der Waals surface area contributed by atoms with E-state index in [0.29, 0.717) is 31.0 Å². The molecule has 0 radical (unpaired) electrons. The van der Waals surface area contributed by atoms with Crippen LogP contribution in [0.4, 0.5) is 5.69 Å². The van der Waals surface area contributed by atoms with E-state index in [1.165, 1.54) is 10.5 Å². The van der Waals surface area contributed by atoms with Gasteiger partial charge in [0.05, 0.1) is 5.69 Å². The van der Waals surface area contributed by atoms with Crippen molar-refractivity contribution in [3.8, 4) is 0 Å². The van der Waals surface area contributed by atoms with Crippen molar-refractivity contribution in [2.24, 2.45) is 12.8 Å². The third-order valence-corrected chi connectivity index (χ3v) is 4.95. The Morgan fingerprint density at radius 2 is 1.95 bits per heavy atom. The fourth-order valence-electron chi connectivity index (χ4n) is 1.98. The smallest absolute Gasteiger partial charge is 0.283 e. The van der Waals surface area contributed by atoms with E-state index in [-0.39, 0.29) is 5.03 Å². The molecule has 0 bridgehead atoms. The number of para-hydroxylation sites is 1. The number of imidazole rings is 1. The van der Waals surface area contributed by atoms with E-state index in [0.717, 1.165) is 0 Å². The summed E-state index contributed by atoms with van der Waals surface area (Å²) in [7, 11) is -1.91. The number of sulfonamides is 1. The second-order valence-corrected chi connectivity index (χ2v) is 6.60. The third-order valence-electron chi connectivity index (χ3n) is 3.25. The first-order valence-corrected chi connectivity index (χ1v) is 8.18. The molecule has 0 saturated heterocycles. The Morgan fingerprint density at radius 1 is 1.29 bits per heavy atom. The van der Waals surface area contributed by atoms with Crippen molar-refractivity contribution >= 4 is 15.7 Å². The molecular weight excluding hydrogens is 288 g/mol. The maximum atomic E-state index is 12.8. The molecule has 0 unspecified atom stereocenters. The molecule has 2 rings (SSSR count). The zero-order chi connectivity index (χ0) is 15.5. The van der Waals surface area contributed by atoms with Crippen molar-refractivity contribution in [3.05, 3.63) is 42.4 Å². The molecule has 1 heterocycles. The highest BCUT2D eigenvalue weighted by Crippen LogP contribution is 2.23. The number of rotatable bonds is 6. The predicted octanol–water partition coefficient (Wildman–Crippen LogP) is 1.27. The summed E-state index contributed by atoms with van der Waals surface area (Å²) < 4.78 is 28.7. The summed E-state index contributed by atoms with van der Waals surface area (Å²) >= 11 is 0. The number of aromatic nitrogens is 2. The molecular formula is C14H20N4O2S. The predicted molar refractivity (Wildman–Crippen MR) is 82.6 cm³/mol. The molecule has 0 aliphatic rings. The van der Waals surface area contributed by atoms with Crippen molar-refractivity contribution in [1.82, 2.24) is 9.55 Å². The van der Waals surface area contributed by atoms with E-state index in [9.17, 15) is 8.42 Å². The number of hydrogen-bond donors (Lipinski definition) is 1. The summed E-state index contributed by atoms with van der Waals surface area (Å²) in [6.07, 6.45) is 2.11. The fourth-order valence-corrected chi connectivity index (χ4v) is 3.51. The van der Waals surface area contributed by atoms with Gasteiger partial charge in [0.1, 0.15) is 5.82 Å². The third kappa shape index (κ3) is 3.25. The van der Waals surface area contributed by atoms with Gasteiger partial charge in [-0.15, -0.1) is 0 Å². The Balaban J connectivity index is 2.44. The molecule has 0 atom stereocenters. The van der Waals surface area contributed by atoms with Crippen molar-refractivity contribution < 1.29 is 8.42 Å². The number of anilines is 1. The topological polar surface area (TPSA) is 81.2 Å². The van der Waals surface area contributed by atoms with Gasteiger partial charge in [0.2, 0.25) is 0 Å². The Hall–Kier alpha value is -1.86. The molecule has 0 saturated carbocycles. The molecule has 6 nitrogen and oxygen atoms in total. The molecule has 0 amide bonds. The van der Waals surface area contributed by atoms with Crippen molar-refractivity contribution in [1.29, 1.82) is 0 Å². The van der Waals surface area contributed by atoms with Gasteiger partial charge in [-0.1, -0.05) is 18.2 Å². The fraction of sp³-hybridized carbons (Fsp3) is 0.357. The van der Waals surface area contributed by atoms with Crippen LogP contribution in [0.5, 0.6) is 0 Å². The van der Waals surface area contributed by atoms with Crippen LogP contribution in [0.25, 0.3) is 0 Å². The van der Waals surface area contributed by atoms with Crippen molar-refractivity contribution in [2.75, 3.05) is 17.4 Å². The van der Waals surface area contributed by atoms with Gasteiger partial charge < -0.3 is 10.3 Å². The Bertz CT molecular complexity index is 676. The first kappa shape index (κ1) is 15.5. The highest BCUT2D eigenvalue weighted by atomic mass is 32.2. The van der Waals surface area contributed by atoms with Crippen LogP contribution in [-0.4, -0.2) is 31.1 Å². The number of aryl methyl sites for hydroxylation is 2. The maximum absolute atomic E-state index is 12.8. The van der Waals surface area contributed by atoms with E-state index in [1.54, 1.807) is 30.7 Å². The molecule has 1 aromatic carbocycles. The van der Waals surface area contributed by atoms with Gasteiger partial charge in [0.25, 0.3) is 10.0 Å². The van der Waals surface area contributed by atoms with Crippen LogP contribution in [0, 0.1) is 6.92 Å². The lowest BCUT2D eigenvalue weighted by atomic mass is 10.3. The lowest BCUT2D eigenvalue weighted by molar-refractivity contribution is 0.586. The molecule has 0 aliphatic heterocycles. The van der Waals surface area contributed by atoms with Crippen LogP contribution in [0.2, 0.25) is 0 Å². The van der Waals surface area contributed by atoms with E-state index < -0.39 is 10.0 Å². The molecule has 0 spiro atoms. The monoisotopic (exact) mass is 308 g/mol. The summed E-state index contributed by atoms with van der Waals surface area (Å²) in [5.41, 5.74) is 6.14. The van der Waals surface area contributed by atoms with Crippen LogP contribution >= 0.6 is 0 Å². The van der Waals surface area contributed by atoms with E-state index in [4.69, 9.17) is 5.73 Å². The minimum Gasteiger partial charge on any atom is -0.337 e. The van der Waals surface area contributed by atoms with E-state index in [2.05, 4.69) is 4.98 Å². The van der Waals surface area contributed by atoms with Gasteiger partial charge in [-0.2, -0.15) is 8.42 Å². The highest BCUT2D eigenvalue weighted by Gasteiger charge is 2.27. The normalized spacial score (nSPS) is 11.6. The molecule has 0 aliphatic carbocycles. The van der Waals surface area contributed by atoms with Gasteiger partial charge in [0, 0.05) is 19.8 Å². The van der Waals surface area contributed by atoms with Gasteiger partial charge in [-0.05, 0) is 32.0 Å². The molecule has 2 N–H and O–H groups in total. The molecule has 114 valence electrons. The molecule has 2 aromatic rings. The average Bonchev–Trinajstić information content (AvgIpc) is 2.81. The van der Waals surface area contributed by atoms with E-state index in [1.807, 2.05) is 18.2 Å². The molecule has 1 aromatic heterocycles. The summed E-state index contributed by atoms with van der Waals surface area (Å²) in [4.78, 5) is 4.14. The average molecular weight is 308 g/mol. The van der Waals surface area contributed by atoms with Gasteiger partial charge >= 0.3 is 0 Å². The van der Waals surface area contributed by atoms with Crippen molar-refractivity contribution in [3.63, 3.8) is 0 Å². The van der Waals surface area contributed by atoms with Crippen LogP contribution in [0.3, 0.4) is 0 Å². The number of hydrogen-bond acceptors (Lipinski definition) is 4. The SMILES string of the molecule is Cc1nc(S(=O)(=O)N(CCCN)c2ccccc2)cn1C. The summed E-state index contributed by atoms with van der Waals surface area (Å²) in [5, 5.41) is 0.0587. The molecule has 21 heavy (non-hydrogen) atoms. The molecule has 0 fully saturated rings. The van der Waals surface area contributed by atoms with Gasteiger partial charge in [-0.25, -0.2) is 4.98 Å². The van der Waals surface area contributed by atoms with Crippen LogP contribution in [0.1, 0.15) is 12.2 Å². The van der Waals surface area contributed by atoms with Crippen LogP contribution in [0.15, 0.2) is 41.6 Å². The minimum atomic E-state index is -3.68. The summed E-state index contributed by atoms with van der Waals surface area (Å²) in [5.74, 6) is 0.653. The minimum absolute atomic E-state index is 0.0587. The first-order valence-electron chi connectivity index (χ1n) is 6.74. The van der Waals surface area contributed by atoms with Gasteiger partial charge in [0.15, 0.2) is 5.03 Å². The second kappa shape index (κ2) is 6.28. The number of nitrogens with zero attached hydrogens (tertiary/aromatic N) is 3. The standard InChI is InChI=1S/C14H20N4O2S/c1-12-16-14(11-17(12)2)21(19,20)18(10-6-9-15)13-7-4-3-5-8-13/h3-5,7-8,11H,6,9-10,15H2,1-2H3. The van der Waals surface area contributed by atoms with E-state index >= 15 is 0 Å². The lowest BCUT2D eigenvalue weighted by Crippen LogP contribution is -2.33. The zero-order valence-electron chi connectivity index (χ0n) is 12.2. The highest BCUT2D eigenvalue weighted by molar-refractivity contribution is 7.92. The molecule has 7 heteroatoms. The Kier molecular flexibility index (Phi) is 4.64. The quantitative estimate of drug-likeness (QED) is 0.871. The zero-order valence-corrected chi connectivity index (χ0v) is 13.0. The second-order valence-electron chi connectivity index (χ2n) is 4.79. The first-order chi connectivity index (χ1) is 9.96. The number of benzene rings is 1. The summed E-state index contributed by atoms with van der Waals surface area (Å²) in [6.45, 7) is 2.53. The van der Waals surface area contributed by atoms with Crippen LogP contribution < -0.4 is 10.0 Å². The largest absolute Gasteiger partial charge is 0.337 e. The number of nitrogens with two attached hydrogens (primary N) is 1.